The number of carbonyl (C=O) groups is 2. The highest BCUT2D eigenvalue weighted by molar-refractivity contribution is 5.83. The number of nitrogens with one attached hydrogen (secondary N) is 1. The summed E-state index contributed by atoms with van der Waals surface area (Å²) in [6.07, 6.45) is 4.61. The minimum Gasteiger partial charge on any atom is -0.480 e. The molecule has 1 fully saturated rings. The van der Waals surface area contributed by atoms with Crippen LogP contribution in [0.4, 0.5) is 0 Å². The fourth-order valence-electron chi connectivity index (χ4n) is 1.82. The molecule has 0 spiro atoms. The van der Waals surface area contributed by atoms with Gasteiger partial charge in [0.15, 0.2) is 0 Å². The average molecular weight is 242 g/mol. The first-order valence-electron chi connectivity index (χ1n) is 6.32. The number of unbranched alkanes of at least 4 members (excludes halogenated alkanes) is 1. The van der Waals surface area contributed by atoms with Gasteiger partial charge in [-0.15, -0.1) is 0 Å². The molecule has 0 aliphatic heterocycles. The van der Waals surface area contributed by atoms with Crippen LogP contribution in [0.3, 0.4) is 0 Å². The third-order valence-electron chi connectivity index (χ3n) is 3.13. The normalized spacial score (nSPS) is 18.5. The van der Waals surface area contributed by atoms with Gasteiger partial charge in [0.1, 0.15) is 6.04 Å². The van der Waals surface area contributed by atoms with Crippen molar-refractivity contribution >= 4 is 11.9 Å². The van der Waals surface area contributed by atoms with E-state index in [9.17, 15) is 9.59 Å². The van der Waals surface area contributed by atoms with Gasteiger partial charge in [0.25, 0.3) is 0 Å². The predicted molar refractivity (Wildman–Crippen MR) is 64.4 cm³/mol. The van der Waals surface area contributed by atoms with Gasteiger partial charge in [-0.3, -0.25) is 4.79 Å². The molecule has 0 bridgehead atoms. The molecule has 0 saturated heterocycles. The summed E-state index contributed by atoms with van der Waals surface area (Å²) in [4.78, 5) is 22.5. The first-order chi connectivity index (χ1) is 8.04. The van der Waals surface area contributed by atoms with Gasteiger partial charge in [-0.25, -0.2) is 4.79 Å². The summed E-state index contributed by atoms with van der Waals surface area (Å²) in [6.45, 7) is 1.99. The van der Waals surface area contributed by atoms with Crippen molar-refractivity contribution in [3.05, 3.63) is 0 Å². The molecule has 4 N–H and O–H groups in total. The summed E-state index contributed by atoms with van der Waals surface area (Å²) >= 11 is 0. The SMILES string of the molecule is CCCC[C@H](NC(=O)CC(N)C1CC1)C(=O)O. The van der Waals surface area contributed by atoms with Crippen molar-refractivity contribution in [3.8, 4) is 0 Å². The summed E-state index contributed by atoms with van der Waals surface area (Å²) in [5.74, 6) is -0.751. The number of aliphatic carboxylic acids is 1. The van der Waals surface area contributed by atoms with Gasteiger partial charge < -0.3 is 16.2 Å². The van der Waals surface area contributed by atoms with Crippen LogP contribution in [0, 0.1) is 5.92 Å². The Morgan fingerprint density at radius 3 is 2.59 bits per heavy atom. The largest absolute Gasteiger partial charge is 0.480 e. The standard InChI is InChI=1S/C12H22N2O3/c1-2-3-4-10(12(16)17)14-11(15)7-9(13)8-5-6-8/h8-10H,2-7,13H2,1H3,(H,14,15)(H,16,17)/t9?,10-/m0/s1. The van der Waals surface area contributed by atoms with Crippen molar-refractivity contribution in [1.82, 2.24) is 5.32 Å². The molecule has 0 radical (unpaired) electrons. The second-order valence-corrected chi connectivity index (χ2v) is 4.81. The van der Waals surface area contributed by atoms with Gasteiger partial charge in [-0.1, -0.05) is 19.8 Å². The van der Waals surface area contributed by atoms with Crippen LogP contribution in [0.1, 0.15) is 45.4 Å². The van der Waals surface area contributed by atoms with Gasteiger partial charge in [-0.05, 0) is 25.2 Å². The van der Waals surface area contributed by atoms with Crippen molar-refractivity contribution in [2.75, 3.05) is 0 Å². The van der Waals surface area contributed by atoms with Crippen LogP contribution in [0.15, 0.2) is 0 Å². The molecule has 1 aliphatic carbocycles. The average Bonchev–Trinajstić information content (AvgIpc) is 3.07. The fraction of sp³-hybridized carbons (Fsp3) is 0.833. The van der Waals surface area contributed by atoms with E-state index in [-0.39, 0.29) is 18.4 Å². The summed E-state index contributed by atoms with van der Waals surface area (Å²) in [5.41, 5.74) is 5.82. The number of hydrogen-bond acceptors (Lipinski definition) is 3. The van der Waals surface area contributed by atoms with Crippen LogP contribution in [-0.4, -0.2) is 29.1 Å². The number of hydrogen-bond donors (Lipinski definition) is 3. The number of carboxylic acid groups (broad SMARTS) is 1. The highest BCUT2D eigenvalue weighted by atomic mass is 16.4. The smallest absolute Gasteiger partial charge is 0.326 e. The van der Waals surface area contributed by atoms with E-state index in [4.69, 9.17) is 10.8 Å². The highest BCUT2D eigenvalue weighted by Crippen LogP contribution is 2.32. The van der Waals surface area contributed by atoms with Crippen molar-refractivity contribution in [2.45, 2.75) is 57.5 Å². The highest BCUT2D eigenvalue weighted by Gasteiger charge is 2.30. The Morgan fingerprint density at radius 2 is 2.12 bits per heavy atom. The predicted octanol–water partition coefficient (Wildman–Crippen LogP) is 0.873. The fourth-order valence-corrected chi connectivity index (χ4v) is 1.82. The second kappa shape index (κ2) is 6.59. The minimum absolute atomic E-state index is 0.115. The Kier molecular flexibility index (Phi) is 5.41. The van der Waals surface area contributed by atoms with Gasteiger partial charge in [-0.2, -0.15) is 0 Å². The number of rotatable bonds is 8. The Hall–Kier alpha value is -1.10. The van der Waals surface area contributed by atoms with Crippen molar-refractivity contribution in [3.63, 3.8) is 0 Å². The lowest BCUT2D eigenvalue weighted by molar-refractivity contribution is -0.142. The number of amides is 1. The van der Waals surface area contributed by atoms with E-state index >= 15 is 0 Å². The molecule has 17 heavy (non-hydrogen) atoms. The Morgan fingerprint density at radius 1 is 1.47 bits per heavy atom. The molecule has 0 heterocycles. The maximum atomic E-state index is 11.6. The molecular formula is C12H22N2O3. The van der Waals surface area contributed by atoms with E-state index in [1.807, 2.05) is 6.92 Å². The van der Waals surface area contributed by atoms with Crippen molar-refractivity contribution in [2.24, 2.45) is 11.7 Å². The molecule has 0 aromatic rings. The quantitative estimate of drug-likeness (QED) is 0.589. The van der Waals surface area contributed by atoms with E-state index < -0.39 is 12.0 Å². The molecule has 2 atom stereocenters. The van der Waals surface area contributed by atoms with Crippen LogP contribution < -0.4 is 11.1 Å². The molecule has 0 aromatic heterocycles. The summed E-state index contributed by atoms with van der Waals surface area (Å²) in [5, 5.41) is 11.5. The monoisotopic (exact) mass is 242 g/mol. The van der Waals surface area contributed by atoms with E-state index in [1.165, 1.54) is 0 Å². The third kappa shape index (κ3) is 5.17. The van der Waals surface area contributed by atoms with E-state index in [2.05, 4.69) is 5.32 Å². The lowest BCUT2D eigenvalue weighted by Gasteiger charge is -2.16. The molecule has 0 aromatic carbocycles. The van der Waals surface area contributed by atoms with Gasteiger partial charge in [0.2, 0.25) is 5.91 Å². The maximum Gasteiger partial charge on any atom is 0.326 e. The first kappa shape index (κ1) is 14.0. The molecule has 5 heteroatoms. The van der Waals surface area contributed by atoms with E-state index in [0.29, 0.717) is 12.3 Å². The van der Waals surface area contributed by atoms with E-state index in [0.717, 1.165) is 25.7 Å². The number of carbonyl (C=O) groups excluding carboxylic acids is 1. The number of carboxylic acids is 1. The molecule has 1 unspecified atom stereocenters. The van der Waals surface area contributed by atoms with Crippen LogP contribution in [0.5, 0.6) is 0 Å². The van der Waals surface area contributed by atoms with Crippen LogP contribution in [0.2, 0.25) is 0 Å². The molecule has 1 saturated carbocycles. The molecular weight excluding hydrogens is 220 g/mol. The molecule has 1 aliphatic rings. The Balaban J connectivity index is 2.31. The van der Waals surface area contributed by atoms with Gasteiger partial charge in [0, 0.05) is 12.5 Å². The van der Waals surface area contributed by atoms with Crippen LogP contribution >= 0.6 is 0 Å². The lowest BCUT2D eigenvalue weighted by Crippen LogP contribution is -2.43. The molecule has 1 rings (SSSR count). The summed E-state index contributed by atoms with van der Waals surface area (Å²) in [7, 11) is 0. The first-order valence-corrected chi connectivity index (χ1v) is 6.32. The molecule has 1 amide bonds. The zero-order valence-corrected chi connectivity index (χ0v) is 10.3. The van der Waals surface area contributed by atoms with E-state index in [1.54, 1.807) is 0 Å². The second-order valence-electron chi connectivity index (χ2n) is 4.81. The molecule has 98 valence electrons. The Labute approximate surface area is 102 Å². The van der Waals surface area contributed by atoms with Crippen LogP contribution in [0.25, 0.3) is 0 Å². The zero-order valence-electron chi connectivity index (χ0n) is 10.3. The molecule has 5 nitrogen and oxygen atoms in total. The maximum absolute atomic E-state index is 11.6. The lowest BCUT2D eigenvalue weighted by atomic mass is 10.1. The van der Waals surface area contributed by atoms with Crippen LogP contribution in [-0.2, 0) is 9.59 Å². The zero-order chi connectivity index (χ0) is 12.8. The topological polar surface area (TPSA) is 92.4 Å². The summed E-state index contributed by atoms with van der Waals surface area (Å²) in [6, 6.07) is -0.885. The Bertz CT molecular complexity index is 277. The van der Waals surface area contributed by atoms with Gasteiger partial charge >= 0.3 is 5.97 Å². The van der Waals surface area contributed by atoms with Crippen molar-refractivity contribution in [1.29, 1.82) is 0 Å². The summed E-state index contributed by atoms with van der Waals surface area (Å²) < 4.78 is 0. The van der Waals surface area contributed by atoms with Gasteiger partial charge in [0.05, 0.1) is 0 Å². The number of nitrogens with two attached hydrogens (primary N) is 1. The third-order valence-corrected chi connectivity index (χ3v) is 3.13. The minimum atomic E-state index is -0.966. The van der Waals surface area contributed by atoms with Crippen molar-refractivity contribution < 1.29 is 14.7 Å².